The van der Waals surface area contributed by atoms with E-state index in [1.165, 1.54) is 0 Å². The number of nitrogen functional groups attached to an aromatic ring is 1. The maximum Gasteiger partial charge on any atom is 0.140 e. The third-order valence-electron chi connectivity index (χ3n) is 5.86. The van der Waals surface area contributed by atoms with Crippen molar-refractivity contribution in [3.63, 3.8) is 0 Å². The van der Waals surface area contributed by atoms with Crippen molar-refractivity contribution in [2.45, 2.75) is 75.0 Å². The van der Waals surface area contributed by atoms with E-state index in [1.807, 2.05) is 17.0 Å². The van der Waals surface area contributed by atoms with Crippen molar-refractivity contribution in [1.29, 1.82) is 0 Å². The Bertz CT molecular complexity index is 702. The van der Waals surface area contributed by atoms with E-state index >= 15 is 0 Å². The zero-order chi connectivity index (χ0) is 21.3. The molecule has 10 heteroatoms. The van der Waals surface area contributed by atoms with Gasteiger partial charge in [0.1, 0.15) is 30.6 Å². The maximum atomic E-state index is 10.7. The standard InChI is InChI=1S/C19H28Br2N2O6/c20-10-5-9(15(22)13(21)6-10)7-23(11-1-3-12(25)4-2-11)19-18(28)17(27)16(26)14(8-24)29-19/h5-6,11-12,14,16-19,24-28H,1-4,7-8,22H2/t11?,12?,14-,16-,17+,18-,19?/m0/s1. The minimum atomic E-state index is -1.45. The first-order valence-electron chi connectivity index (χ1n) is 9.70. The number of hydrogen-bond donors (Lipinski definition) is 6. The van der Waals surface area contributed by atoms with Crippen LogP contribution in [0.25, 0.3) is 0 Å². The summed E-state index contributed by atoms with van der Waals surface area (Å²) >= 11 is 6.91. The summed E-state index contributed by atoms with van der Waals surface area (Å²) in [6.45, 7) is -0.156. The van der Waals surface area contributed by atoms with Crippen LogP contribution in [0.15, 0.2) is 21.1 Å². The monoisotopic (exact) mass is 538 g/mol. The number of halogens is 2. The van der Waals surface area contributed by atoms with E-state index in [4.69, 9.17) is 10.5 Å². The molecule has 1 aliphatic carbocycles. The van der Waals surface area contributed by atoms with Gasteiger partial charge in [-0.2, -0.15) is 0 Å². The Balaban J connectivity index is 1.93. The van der Waals surface area contributed by atoms with Crippen molar-refractivity contribution >= 4 is 37.5 Å². The lowest BCUT2D eigenvalue weighted by Crippen LogP contribution is -2.64. The van der Waals surface area contributed by atoms with E-state index in [0.29, 0.717) is 37.9 Å². The lowest BCUT2D eigenvalue weighted by Gasteiger charge is -2.48. The van der Waals surface area contributed by atoms with E-state index in [1.54, 1.807) is 0 Å². The summed E-state index contributed by atoms with van der Waals surface area (Å²) in [7, 11) is 0. The van der Waals surface area contributed by atoms with Gasteiger partial charge in [-0.3, -0.25) is 4.90 Å². The molecule has 1 aromatic rings. The van der Waals surface area contributed by atoms with Crippen molar-refractivity contribution in [3.8, 4) is 0 Å². The van der Waals surface area contributed by atoms with Gasteiger partial charge in [-0.05, 0) is 59.3 Å². The number of anilines is 1. The molecule has 164 valence electrons. The van der Waals surface area contributed by atoms with Crippen LogP contribution in [0, 0.1) is 0 Å². The lowest BCUT2D eigenvalue weighted by molar-refractivity contribution is -0.273. The van der Waals surface area contributed by atoms with Crippen molar-refractivity contribution in [2.24, 2.45) is 0 Å². The molecule has 8 nitrogen and oxygen atoms in total. The molecule has 1 saturated carbocycles. The van der Waals surface area contributed by atoms with Crippen molar-refractivity contribution in [2.75, 3.05) is 12.3 Å². The molecule has 1 unspecified atom stereocenters. The van der Waals surface area contributed by atoms with E-state index in [9.17, 15) is 25.5 Å². The van der Waals surface area contributed by atoms with E-state index < -0.39 is 37.3 Å². The molecule has 1 heterocycles. The Morgan fingerprint density at radius 2 is 1.66 bits per heavy atom. The number of aliphatic hydroxyl groups is 5. The summed E-state index contributed by atoms with van der Waals surface area (Å²) < 4.78 is 7.40. The highest BCUT2D eigenvalue weighted by Crippen LogP contribution is 2.35. The second kappa shape index (κ2) is 9.88. The van der Waals surface area contributed by atoms with Crippen LogP contribution in [0.2, 0.25) is 0 Å². The van der Waals surface area contributed by atoms with Crippen LogP contribution in [0.4, 0.5) is 5.69 Å². The average Bonchev–Trinajstić information content (AvgIpc) is 2.69. The van der Waals surface area contributed by atoms with Gasteiger partial charge in [0.2, 0.25) is 0 Å². The van der Waals surface area contributed by atoms with Crippen LogP contribution >= 0.6 is 31.9 Å². The second-order valence-corrected chi connectivity index (χ2v) is 9.58. The molecular formula is C19H28Br2N2O6. The highest BCUT2D eigenvalue weighted by molar-refractivity contribution is 9.11. The molecule has 0 bridgehead atoms. The number of nitrogens with two attached hydrogens (primary N) is 1. The highest BCUT2D eigenvalue weighted by Gasteiger charge is 2.47. The largest absolute Gasteiger partial charge is 0.398 e. The van der Waals surface area contributed by atoms with Gasteiger partial charge in [-0.25, -0.2) is 0 Å². The molecule has 0 aromatic heterocycles. The normalized spacial score (nSPS) is 35.8. The SMILES string of the molecule is Nc1c(Br)cc(Br)cc1CN(C1CCC(O)CC1)C1O[C@@H](CO)[C@H](O)[C@@H](O)[C@@H]1O. The molecule has 29 heavy (non-hydrogen) atoms. The van der Waals surface area contributed by atoms with E-state index in [-0.39, 0.29) is 12.1 Å². The molecule has 1 aliphatic heterocycles. The van der Waals surface area contributed by atoms with Crippen LogP contribution in [-0.2, 0) is 11.3 Å². The fourth-order valence-electron chi connectivity index (χ4n) is 4.14. The van der Waals surface area contributed by atoms with Crippen LogP contribution in [0.5, 0.6) is 0 Å². The molecule has 7 N–H and O–H groups in total. The van der Waals surface area contributed by atoms with E-state index in [2.05, 4.69) is 31.9 Å². The van der Waals surface area contributed by atoms with Crippen LogP contribution in [0.3, 0.4) is 0 Å². The zero-order valence-corrected chi connectivity index (χ0v) is 19.0. The zero-order valence-electron chi connectivity index (χ0n) is 15.9. The fraction of sp³-hybridized carbons (Fsp3) is 0.684. The minimum Gasteiger partial charge on any atom is -0.398 e. The number of ether oxygens (including phenoxy) is 1. The fourth-order valence-corrected chi connectivity index (χ4v) is 5.45. The van der Waals surface area contributed by atoms with Crippen molar-refractivity contribution in [1.82, 2.24) is 4.90 Å². The second-order valence-electron chi connectivity index (χ2n) is 7.81. The Morgan fingerprint density at radius 1 is 1.00 bits per heavy atom. The summed E-state index contributed by atoms with van der Waals surface area (Å²) in [5.41, 5.74) is 7.61. The molecular weight excluding hydrogens is 512 g/mol. The van der Waals surface area contributed by atoms with Gasteiger partial charge in [0, 0.05) is 21.5 Å². The predicted octanol–water partition coefficient (Wildman–Crippen LogP) is 0.699. The van der Waals surface area contributed by atoms with Crippen LogP contribution in [-0.4, -0.2) is 79.8 Å². The third kappa shape index (κ3) is 5.13. The van der Waals surface area contributed by atoms with Gasteiger partial charge in [0.05, 0.1) is 18.4 Å². The third-order valence-corrected chi connectivity index (χ3v) is 6.98. The van der Waals surface area contributed by atoms with Gasteiger partial charge in [0.25, 0.3) is 0 Å². The van der Waals surface area contributed by atoms with Gasteiger partial charge in [-0.15, -0.1) is 0 Å². The smallest absolute Gasteiger partial charge is 0.140 e. The molecule has 1 aromatic carbocycles. The Labute approximate surface area is 186 Å². The molecule has 2 fully saturated rings. The van der Waals surface area contributed by atoms with Gasteiger partial charge >= 0.3 is 0 Å². The van der Waals surface area contributed by atoms with E-state index in [0.717, 1.165) is 14.5 Å². The summed E-state index contributed by atoms with van der Waals surface area (Å²) in [4.78, 5) is 1.92. The number of hydrogen-bond acceptors (Lipinski definition) is 8. The number of aliphatic hydroxyl groups excluding tert-OH is 5. The molecule has 0 spiro atoms. The number of benzene rings is 1. The predicted molar refractivity (Wildman–Crippen MR) is 114 cm³/mol. The quantitative estimate of drug-likeness (QED) is 0.300. The topological polar surface area (TPSA) is 140 Å². The molecule has 0 radical (unpaired) electrons. The molecule has 2 aliphatic rings. The molecule has 0 amide bonds. The summed E-state index contributed by atoms with van der Waals surface area (Å²) in [6, 6.07) is 3.69. The first-order chi connectivity index (χ1) is 13.7. The van der Waals surface area contributed by atoms with Gasteiger partial charge in [0.15, 0.2) is 0 Å². The summed E-state index contributed by atoms with van der Waals surface area (Å²) in [6.07, 6.45) is -3.89. The number of nitrogens with zero attached hydrogens (tertiary/aromatic N) is 1. The van der Waals surface area contributed by atoms with Crippen LogP contribution in [0.1, 0.15) is 31.2 Å². The Hall–Kier alpha value is -0.300. The maximum absolute atomic E-state index is 10.7. The molecule has 1 saturated heterocycles. The first-order valence-corrected chi connectivity index (χ1v) is 11.3. The Kier molecular flexibility index (Phi) is 7.96. The first kappa shape index (κ1) is 23.4. The summed E-state index contributed by atoms with van der Waals surface area (Å²) in [5.74, 6) is 0. The van der Waals surface area contributed by atoms with Crippen LogP contribution < -0.4 is 5.73 Å². The number of rotatable bonds is 5. The lowest BCUT2D eigenvalue weighted by atomic mass is 9.89. The molecule has 3 rings (SSSR count). The van der Waals surface area contributed by atoms with Gasteiger partial charge in [-0.1, -0.05) is 15.9 Å². The Morgan fingerprint density at radius 3 is 2.28 bits per heavy atom. The highest BCUT2D eigenvalue weighted by atomic mass is 79.9. The average molecular weight is 540 g/mol. The van der Waals surface area contributed by atoms with Gasteiger partial charge < -0.3 is 36.0 Å². The molecule has 5 atom stereocenters. The van der Waals surface area contributed by atoms with Crippen molar-refractivity contribution < 1.29 is 30.3 Å². The summed E-state index contributed by atoms with van der Waals surface area (Å²) in [5, 5.41) is 50.5. The minimum absolute atomic E-state index is 0.0306. The van der Waals surface area contributed by atoms with Crippen molar-refractivity contribution in [3.05, 3.63) is 26.6 Å².